The summed E-state index contributed by atoms with van der Waals surface area (Å²) in [5.74, 6) is 1.22. The van der Waals surface area contributed by atoms with Gasteiger partial charge in [0.25, 0.3) is 0 Å². The molecule has 2 atom stereocenters. The zero-order chi connectivity index (χ0) is 12.9. The second kappa shape index (κ2) is 4.74. The molecular formula is C15H22N2S2. The Labute approximate surface area is 123 Å². The third-order valence-electron chi connectivity index (χ3n) is 4.56. The maximum atomic E-state index is 5.06. The van der Waals surface area contributed by atoms with E-state index in [2.05, 4.69) is 24.0 Å². The summed E-state index contributed by atoms with van der Waals surface area (Å²) in [4.78, 5) is 6.65. The van der Waals surface area contributed by atoms with Crippen LogP contribution in [-0.2, 0) is 18.4 Å². The summed E-state index contributed by atoms with van der Waals surface area (Å²) >= 11 is 4.14. The minimum absolute atomic E-state index is 0.202. The third kappa shape index (κ3) is 2.36. The number of aryl methyl sites for hydroxylation is 2. The van der Waals surface area contributed by atoms with Crippen LogP contribution in [0.15, 0.2) is 0 Å². The van der Waals surface area contributed by atoms with E-state index >= 15 is 0 Å². The molecule has 3 aliphatic rings. The van der Waals surface area contributed by atoms with Crippen molar-refractivity contribution < 1.29 is 0 Å². The van der Waals surface area contributed by atoms with Gasteiger partial charge in [0.2, 0.25) is 0 Å². The molecule has 4 heteroatoms. The van der Waals surface area contributed by atoms with Gasteiger partial charge in [-0.2, -0.15) is 11.8 Å². The molecule has 2 nitrogen and oxygen atoms in total. The monoisotopic (exact) mass is 294 g/mol. The maximum absolute atomic E-state index is 5.06. The van der Waals surface area contributed by atoms with Gasteiger partial charge in [-0.1, -0.05) is 6.92 Å². The van der Waals surface area contributed by atoms with Crippen LogP contribution >= 0.6 is 23.1 Å². The molecule has 104 valence electrons. The fraction of sp³-hybridized carbons (Fsp3) is 0.800. The summed E-state index contributed by atoms with van der Waals surface area (Å²) in [6.07, 6.45) is 9.19. The lowest BCUT2D eigenvalue weighted by molar-refractivity contribution is 0.357. The Morgan fingerprint density at radius 1 is 1.26 bits per heavy atom. The molecule has 1 aromatic heterocycles. The summed E-state index contributed by atoms with van der Waals surface area (Å²) in [7, 11) is 0. The second-order valence-corrected chi connectivity index (χ2v) is 8.93. The Morgan fingerprint density at radius 2 is 2.11 bits per heavy atom. The van der Waals surface area contributed by atoms with Crippen LogP contribution in [-0.4, -0.2) is 22.0 Å². The van der Waals surface area contributed by atoms with Crippen LogP contribution in [0.5, 0.6) is 0 Å². The fourth-order valence-corrected chi connectivity index (χ4v) is 6.09. The number of hydrogen-bond donors (Lipinski definition) is 1. The van der Waals surface area contributed by atoms with Crippen molar-refractivity contribution in [3.8, 4) is 0 Å². The summed E-state index contributed by atoms with van der Waals surface area (Å²) in [5.41, 5.74) is 1.63. The summed E-state index contributed by atoms with van der Waals surface area (Å²) in [6.45, 7) is 2.37. The van der Waals surface area contributed by atoms with Crippen molar-refractivity contribution in [2.24, 2.45) is 0 Å². The van der Waals surface area contributed by atoms with Crippen molar-refractivity contribution in [2.45, 2.75) is 68.7 Å². The van der Waals surface area contributed by atoms with E-state index in [4.69, 9.17) is 4.98 Å². The van der Waals surface area contributed by atoms with Crippen molar-refractivity contribution in [2.75, 3.05) is 5.75 Å². The molecular weight excluding hydrogens is 272 g/mol. The van der Waals surface area contributed by atoms with Gasteiger partial charge in [-0.25, -0.2) is 4.98 Å². The quantitative estimate of drug-likeness (QED) is 0.923. The minimum Gasteiger partial charge on any atom is -0.302 e. The third-order valence-corrected chi connectivity index (χ3v) is 7.32. The van der Waals surface area contributed by atoms with Crippen LogP contribution < -0.4 is 5.32 Å². The second-order valence-electron chi connectivity index (χ2n) is 6.42. The first-order valence-electron chi connectivity index (χ1n) is 7.63. The molecule has 0 spiro atoms. The van der Waals surface area contributed by atoms with E-state index in [1.165, 1.54) is 61.4 Å². The Bertz CT molecular complexity index is 457. The number of nitrogens with zero attached hydrogens (tertiary/aromatic N) is 1. The smallest absolute Gasteiger partial charge is 0.114 e. The molecule has 19 heavy (non-hydrogen) atoms. The molecule has 0 radical (unpaired) electrons. The lowest BCUT2D eigenvalue weighted by atomic mass is 9.96. The Hall–Kier alpha value is -0.0600. The van der Waals surface area contributed by atoms with Crippen molar-refractivity contribution in [1.29, 1.82) is 0 Å². The number of thiazole rings is 1. The van der Waals surface area contributed by atoms with Gasteiger partial charge in [0, 0.05) is 21.9 Å². The van der Waals surface area contributed by atoms with E-state index < -0.39 is 0 Å². The zero-order valence-corrected chi connectivity index (χ0v) is 13.2. The van der Waals surface area contributed by atoms with Crippen molar-refractivity contribution >= 4 is 23.1 Å². The minimum atomic E-state index is 0.202. The summed E-state index contributed by atoms with van der Waals surface area (Å²) in [6, 6.07) is 0.770. The normalized spacial score (nSPS) is 34.5. The standard InChI is InChI=1S/C15H22N2S2/c1-10-8-15(9-18-10,17-11-6-7-11)14-16-12-4-2-3-5-13(12)19-14/h10-11,17H,2-9H2,1H3. The van der Waals surface area contributed by atoms with E-state index in [9.17, 15) is 0 Å². The Morgan fingerprint density at radius 3 is 2.79 bits per heavy atom. The van der Waals surface area contributed by atoms with E-state index in [1.54, 1.807) is 4.88 Å². The van der Waals surface area contributed by atoms with E-state index in [1.807, 2.05) is 11.3 Å². The largest absolute Gasteiger partial charge is 0.302 e. The number of nitrogens with one attached hydrogen (secondary N) is 1. The first-order chi connectivity index (χ1) is 9.25. The fourth-order valence-electron chi connectivity index (χ4n) is 3.38. The Balaban J connectivity index is 1.67. The van der Waals surface area contributed by atoms with E-state index in [-0.39, 0.29) is 5.54 Å². The average molecular weight is 294 g/mol. The van der Waals surface area contributed by atoms with Crippen molar-refractivity contribution in [3.05, 3.63) is 15.6 Å². The highest BCUT2D eigenvalue weighted by molar-refractivity contribution is 8.00. The van der Waals surface area contributed by atoms with Crippen LogP contribution in [0.4, 0.5) is 0 Å². The molecule has 0 bridgehead atoms. The maximum Gasteiger partial charge on any atom is 0.114 e. The topological polar surface area (TPSA) is 24.9 Å². The van der Waals surface area contributed by atoms with E-state index in [0.29, 0.717) is 0 Å². The number of fused-ring (bicyclic) bond motifs is 1. The predicted molar refractivity (Wildman–Crippen MR) is 83.1 cm³/mol. The van der Waals surface area contributed by atoms with Crippen LogP contribution in [0.3, 0.4) is 0 Å². The molecule has 0 aromatic carbocycles. The molecule has 4 rings (SSSR count). The van der Waals surface area contributed by atoms with Gasteiger partial charge >= 0.3 is 0 Å². The number of hydrogen-bond acceptors (Lipinski definition) is 4. The summed E-state index contributed by atoms with van der Waals surface area (Å²) < 4.78 is 0. The predicted octanol–water partition coefficient (Wildman–Crippen LogP) is 3.49. The first kappa shape index (κ1) is 12.7. The van der Waals surface area contributed by atoms with Gasteiger partial charge in [-0.15, -0.1) is 11.3 Å². The lowest BCUT2D eigenvalue weighted by Crippen LogP contribution is -2.44. The average Bonchev–Trinajstić information content (AvgIpc) is 2.97. The molecule has 2 unspecified atom stereocenters. The van der Waals surface area contributed by atoms with Gasteiger partial charge in [0.05, 0.1) is 11.2 Å². The van der Waals surface area contributed by atoms with Crippen LogP contribution in [0.25, 0.3) is 0 Å². The molecule has 1 aliphatic heterocycles. The van der Waals surface area contributed by atoms with Crippen molar-refractivity contribution in [3.63, 3.8) is 0 Å². The number of rotatable bonds is 3. The van der Waals surface area contributed by atoms with Gasteiger partial charge < -0.3 is 5.32 Å². The highest BCUT2D eigenvalue weighted by atomic mass is 32.2. The lowest BCUT2D eigenvalue weighted by Gasteiger charge is -2.28. The summed E-state index contributed by atoms with van der Waals surface area (Å²) in [5, 5.41) is 6.13. The van der Waals surface area contributed by atoms with Crippen LogP contribution in [0.1, 0.15) is 54.6 Å². The number of aromatic nitrogens is 1. The highest BCUT2D eigenvalue weighted by Crippen LogP contribution is 2.45. The van der Waals surface area contributed by atoms with Gasteiger partial charge in [0.1, 0.15) is 5.01 Å². The first-order valence-corrected chi connectivity index (χ1v) is 9.50. The van der Waals surface area contributed by atoms with E-state index in [0.717, 1.165) is 11.3 Å². The van der Waals surface area contributed by atoms with Gasteiger partial charge in [-0.3, -0.25) is 0 Å². The van der Waals surface area contributed by atoms with Crippen LogP contribution in [0, 0.1) is 0 Å². The highest BCUT2D eigenvalue weighted by Gasteiger charge is 2.45. The molecule has 1 aromatic rings. The Kier molecular flexibility index (Phi) is 3.16. The molecule has 1 saturated heterocycles. The molecule has 2 fully saturated rings. The van der Waals surface area contributed by atoms with Crippen molar-refractivity contribution in [1.82, 2.24) is 10.3 Å². The molecule has 1 saturated carbocycles. The van der Waals surface area contributed by atoms with Gasteiger partial charge in [-0.05, 0) is 44.9 Å². The van der Waals surface area contributed by atoms with Gasteiger partial charge in [0.15, 0.2) is 0 Å². The van der Waals surface area contributed by atoms with Crippen LogP contribution in [0.2, 0.25) is 0 Å². The SMILES string of the molecule is CC1CC(NC2CC2)(c2nc3c(s2)CCCC3)CS1. The molecule has 2 aliphatic carbocycles. The molecule has 0 amide bonds. The zero-order valence-electron chi connectivity index (χ0n) is 11.6. The molecule has 2 heterocycles. The number of thioether (sulfide) groups is 1. The molecule has 1 N–H and O–H groups in total.